The number of carboxylic acids is 1. The number of Topliss-reactive ketones (excluding diaryl/α,β-unsaturated/α-hetero) is 1. The summed E-state index contributed by atoms with van der Waals surface area (Å²) in [5.41, 5.74) is -0.659. The quantitative estimate of drug-likeness (QED) is 0.285. The number of aromatic hydroxyl groups is 1. The standard InChI is InChI=1S/C34H54O8.Na/c1-9-25(31-21(6)18-34(11-3,42-31)26-16-17-33(40,10-2)23(8)41-26)30(37)22(7)28(35)19(4)12-14-24-15-13-20(5)29(36)27(24)32(38)39;/h13,15,19,21-23,25-26,28,31,35-36,40H,9-12,14,16-18H2,1-8H3,(H,38,39);/q;+1/p-1/t19-,21+,22+,23+,25+,26?,28+,31+,33-,34+;/m1./s1. The van der Waals surface area contributed by atoms with E-state index in [0.717, 1.165) is 12.8 Å². The molecule has 0 spiro atoms. The zero-order valence-corrected chi connectivity index (χ0v) is 29.8. The van der Waals surface area contributed by atoms with Crippen molar-refractivity contribution in [2.45, 2.75) is 142 Å². The van der Waals surface area contributed by atoms with Crippen molar-refractivity contribution in [1.82, 2.24) is 0 Å². The number of carbonyl (C=O) groups is 2. The number of carboxylic acid groups (broad SMARTS) is 1. The molecule has 2 heterocycles. The van der Waals surface area contributed by atoms with Crippen LogP contribution in [0.2, 0.25) is 0 Å². The number of aliphatic hydroxyl groups excluding tert-OH is 1. The Morgan fingerprint density at radius 1 is 1.14 bits per heavy atom. The van der Waals surface area contributed by atoms with Gasteiger partial charge in [0.05, 0.1) is 41.6 Å². The van der Waals surface area contributed by atoms with Gasteiger partial charge in [0.25, 0.3) is 0 Å². The number of carbonyl (C=O) groups excluding carboxylic acids is 2. The zero-order valence-electron chi connectivity index (χ0n) is 27.8. The maximum absolute atomic E-state index is 13.9. The van der Waals surface area contributed by atoms with Crippen LogP contribution in [0.15, 0.2) is 12.1 Å². The molecule has 2 aliphatic heterocycles. The molecule has 10 atom stereocenters. The summed E-state index contributed by atoms with van der Waals surface area (Å²) in [6.07, 6.45) is 3.21. The van der Waals surface area contributed by atoms with Crippen LogP contribution in [0.4, 0.5) is 0 Å². The second-order valence-electron chi connectivity index (χ2n) is 13.2. The van der Waals surface area contributed by atoms with Gasteiger partial charge in [-0.15, -0.1) is 0 Å². The fourth-order valence-corrected chi connectivity index (χ4v) is 7.44. The molecule has 2 aliphatic rings. The van der Waals surface area contributed by atoms with Crippen LogP contribution in [0.5, 0.6) is 5.75 Å². The molecular formula is C34H53NaO8. The van der Waals surface area contributed by atoms with Gasteiger partial charge in [0.15, 0.2) is 0 Å². The van der Waals surface area contributed by atoms with E-state index in [4.69, 9.17) is 9.47 Å². The summed E-state index contributed by atoms with van der Waals surface area (Å²) in [4.78, 5) is 25.5. The number of aromatic carboxylic acids is 1. The number of ether oxygens (including phenoxy) is 2. The van der Waals surface area contributed by atoms with Crippen molar-refractivity contribution in [1.29, 1.82) is 0 Å². The second kappa shape index (κ2) is 15.5. The molecule has 1 unspecified atom stereocenters. The summed E-state index contributed by atoms with van der Waals surface area (Å²) < 4.78 is 13.2. The summed E-state index contributed by atoms with van der Waals surface area (Å²) in [7, 11) is 0. The summed E-state index contributed by atoms with van der Waals surface area (Å²) in [5, 5.41) is 44.1. The van der Waals surface area contributed by atoms with Crippen LogP contribution in [-0.4, -0.2) is 62.7 Å². The van der Waals surface area contributed by atoms with E-state index in [-0.39, 0.29) is 82.7 Å². The van der Waals surface area contributed by atoms with E-state index in [0.29, 0.717) is 49.7 Å². The Morgan fingerprint density at radius 3 is 2.33 bits per heavy atom. The number of aliphatic hydroxyl groups is 2. The van der Waals surface area contributed by atoms with Crippen molar-refractivity contribution in [2.75, 3.05) is 0 Å². The first kappa shape index (κ1) is 38.2. The van der Waals surface area contributed by atoms with Gasteiger partial charge in [0.1, 0.15) is 11.5 Å². The number of ketones is 1. The molecule has 1 aromatic rings. The fourth-order valence-electron chi connectivity index (χ4n) is 7.44. The first-order valence-corrected chi connectivity index (χ1v) is 16.0. The summed E-state index contributed by atoms with van der Waals surface area (Å²) >= 11 is 0. The fraction of sp³-hybridized carbons (Fsp3) is 0.765. The van der Waals surface area contributed by atoms with Crippen LogP contribution >= 0.6 is 0 Å². The minimum absolute atomic E-state index is 0. The Bertz CT molecular complexity index is 1110. The molecule has 3 N–H and O–H groups in total. The molecular weight excluding hydrogens is 559 g/mol. The van der Waals surface area contributed by atoms with E-state index in [1.807, 2.05) is 27.7 Å². The Morgan fingerprint density at radius 2 is 1.79 bits per heavy atom. The van der Waals surface area contributed by atoms with Gasteiger partial charge in [-0.2, -0.15) is 0 Å². The maximum Gasteiger partial charge on any atom is 1.00 e. The summed E-state index contributed by atoms with van der Waals surface area (Å²) in [6.45, 7) is 15.4. The normalized spacial score (nSPS) is 32.0. The van der Waals surface area contributed by atoms with Gasteiger partial charge in [-0.25, -0.2) is 0 Å². The number of phenols is 1. The number of aryl methyl sites for hydroxylation is 2. The SMILES string of the molecule is CC[C@@H](C(=O)[C@@H](C)[C@@H](O)[C@H](C)CCc1ccc(C)c(O)c1C(=O)[O-])[C@H]1O[C@](CC)(C2CC[C@](O)(CC)[C@H](C)O2)C[C@@H]1C.[Na+]. The number of rotatable bonds is 13. The molecule has 0 saturated carbocycles. The number of benzene rings is 1. The molecule has 0 bridgehead atoms. The topological polar surface area (TPSA) is 136 Å². The van der Waals surface area contributed by atoms with Gasteiger partial charge in [0.2, 0.25) is 0 Å². The van der Waals surface area contributed by atoms with Gasteiger partial charge in [-0.3, -0.25) is 4.79 Å². The summed E-state index contributed by atoms with van der Waals surface area (Å²) in [6, 6.07) is 3.33. The van der Waals surface area contributed by atoms with E-state index in [1.54, 1.807) is 26.0 Å². The van der Waals surface area contributed by atoms with Crippen molar-refractivity contribution in [2.24, 2.45) is 23.7 Å². The smallest absolute Gasteiger partial charge is 0.545 e. The van der Waals surface area contributed by atoms with Crippen LogP contribution < -0.4 is 34.7 Å². The van der Waals surface area contributed by atoms with E-state index in [9.17, 15) is 30.0 Å². The molecule has 0 amide bonds. The van der Waals surface area contributed by atoms with E-state index in [1.165, 1.54) is 0 Å². The first-order valence-electron chi connectivity index (χ1n) is 16.0. The van der Waals surface area contributed by atoms with Gasteiger partial charge in [-0.05, 0) is 88.2 Å². The third-order valence-electron chi connectivity index (χ3n) is 10.6. The van der Waals surface area contributed by atoms with E-state index in [2.05, 4.69) is 13.8 Å². The van der Waals surface area contributed by atoms with Crippen molar-refractivity contribution in [3.8, 4) is 5.75 Å². The molecule has 8 nitrogen and oxygen atoms in total. The molecule has 9 heteroatoms. The van der Waals surface area contributed by atoms with Crippen LogP contribution in [0.1, 0.15) is 115 Å². The Kier molecular flexibility index (Phi) is 13.8. The molecule has 0 aromatic heterocycles. The van der Waals surface area contributed by atoms with Gasteiger partial charge in [0, 0.05) is 17.4 Å². The predicted molar refractivity (Wildman–Crippen MR) is 159 cm³/mol. The molecule has 238 valence electrons. The van der Waals surface area contributed by atoms with Gasteiger partial charge < -0.3 is 34.7 Å². The Balaban J connectivity index is 0.00000645. The van der Waals surface area contributed by atoms with Crippen molar-refractivity contribution in [3.63, 3.8) is 0 Å². The number of hydrogen-bond acceptors (Lipinski definition) is 8. The minimum atomic E-state index is -1.43. The van der Waals surface area contributed by atoms with E-state index >= 15 is 0 Å². The zero-order chi connectivity index (χ0) is 31.6. The van der Waals surface area contributed by atoms with Crippen molar-refractivity contribution < 1.29 is 69.0 Å². The van der Waals surface area contributed by atoms with Crippen LogP contribution in [-0.2, 0) is 20.7 Å². The maximum atomic E-state index is 13.9. The molecule has 43 heavy (non-hydrogen) atoms. The second-order valence-corrected chi connectivity index (χ2v) is 13.2. The molecule has 0 radical (unpaired) electrons. The summed E-state index contributed by atoms with van der Waals surface area (Å²) in [5.74, 6) is -2.92. The third-order valence-corrected chi connectivity index (χ3v) is 10.6. The Hall–Kier alpha value is -1.00. The largest absolute Gasteiger partial charge is 1.00 e. The van der Waals surface area contributed by atoms with Gasteiger partial charge in [-0.1, -0.05) is 53.7 Å². The molecule has 1 aromatic carbocycles. The van der Waals surface area contributed by atoms with E-state index < -0.39 is 29.2 Å². The first-order chi connectivity index (χ1) is 19.7. The van der Waals surface area contributed by atoms with Crippen molar-refractivity contribution in [3.05, 3.63) is 28.8 Å². The average molecular weight is 613 g/mol. The molecule has 3 rings (SSSR count). The monoisotopic (exact) mass is 612 g/mol. The number of hydrogen-bond donors (Lipinski definition) is 3. The van der Waals surface area contributed by atoms with Crippen LogP contribution in [0.3, 0.4) is 0 Å². The third kappa shape index (κ3) is 7.87. The van der Waals surface area contributed by atoms with Gasteiger partial charge >= 0.3 is 29.6 Å². The minimum Gasteiger partial charge on any atom is -0.545 e. The van der Waals surface area contributed by atoms with Crippen LogP contribution in [0.25, 0.3) is 0 Å². The Labute approximate surface area is 280 Å². The molecule has 0 aliphatic carbocycles. The van der Waals surface area contributed by atoms with Crippen LogP contribution in [0, 0.1) is 30.6 Å². The predicted octanol–water partition coefficient (Wildman–Crippen LogP) is 1.51. The molecule has 2 fully saturated rings. The average Bonchev–Trinajstić information content (AvgIpc) is 3.31. The van der Waals surface area contributed by atoms with Crippen molar-refractivity contribution >= 4 is 11.8 Å². The molecule has 2 saturated heterocycles.